The standard InChI is InChI=1S/C8H18NO3PS/c1-6-3-2-4-7(6)8(5-9)12-13(10,11)14/h6-8H,2-5,9H2,1H3,(H2,10,11,14)/t6-,7-,8?/m1/s1. The van der Waals surface area contributed by atoms with Gasteiger partial charge in [-0.25, -0.2) is 4.57 Å². The van der Waals surface area contributed by atoms with E-state index in [-0.39, 0.29) is 12.6 Å². The van der Waals surface area contributed by atoms with Crippen LogP contribution in [0.1, 0.15) is 26.2 Å². The van der Waals surface area contributed by atoms with Crippen LogP contribution in [0, 0.1) is 11.8 Å². The van der Waals surface area contributed by atoms with Crippen molar-refractivity contribution in [2.75, 3.05) is 6.54 Å². The highest BCUT2D eigenvalue weighted by atomic mass is 32.7. The molecule has 0 aromatic rings. The fraction of sp³-hybridized carbons (Fsp3) is 1.00. The van der Waals surface area contributed by atoms with Crippen molar-refractivity contribution in [3.8, 4) is 0 Å². The molecule has 4 nitrogen and oxygen atoms in total. The van der Waals surface area contributed by atoms with E-state index in [9.17, 15) is 4.57 Å². The van der Waals surface area contributed by atoms with Gasteiger partial charge in [0.05, 0.1) is 6.10 Å². The molecule has 14 heavy (non-hydrogen) atoms. The summed E-state index contributed by atoms with van der Waals surface area (Å²) in [6.07, 6.45) is 2.98. The van der Waals surface area contributed by atoms with E-state index >= 15 is 0 Å². The first-order chi connectivity index (χ1) is 6.44. The van der Waals surface area contributed by atoms with Crippen LogP contribution in [0.5, 0.6) is 0 Å². The fourth-order valence-corrected chi connectivity index (χ4v) is 3.16. The van der Waals surface area contributed by atoms with Gasteiger partial charge in [-0.05, 0) is 18.3 Å². The molecule has 0 bridgehead atoms. The van der Waals surface area contributed by atoms with Crippen molar-refractivity contribution in [1.82, 2.24) is 0 Å². The molecule has 0 amide bonds. The molecule has 1 aliphatic rings. The van der Waals surface area contributed by atoms with Crippen molar-refractivity contribution in [2.24, 2.45) is 17.6 Å². The van der Waals surface area contributed by atoms with Gasteiger partial charge in [0.1, 0.15) is 0 Å². The van der Waals surface area contributed by atoms with E-state index in [1.54, 1.807) is 0 Å². The van der Waals surface area contributed by atoms with Gasteiger partial charge < -0.3 is 10.6 Å². The van der Waals surface area contributed by atoms with Crippen LogP contribution in [0.2, 0.25) is 0 Å². The lowest BCUT2D eigenvalue weighted by molar-refractivity contribution is 0.113. The third-order valence-corrected chi connectivity index (χ3v) is 3.74. The van der Waals surface area contributed by atoms with Crippen LogP contribution in [0.25, 0.3) is 0 Å². The molecule has 84 valence electrons. The van der Waals surface area contributed by atoms with Crippen LogP contribution in [0.3, 0.4) is 0 Å². The van der Waals surface area contributed by atoms with Crippen LogP contribution in [-0.2, 0) is 9.09 Å². The Morgan fingerprint density at radius 2 is 2.36 bits per heavy atom. The highest BCUT2D eigenvalue weighted by molar-refractivity contribution is 8.44. The monoisotopic (exact) mass is 239 g/mol. The van der Waals surface area contributed by atoms with E-state index in [1.165, 1.54) is 0 Å². The van der Waals surface area contributed by atoms with Crippen molar-refractivity contribution in [3.63, 3.8) is 0 Å². The van der Waals surface area contributed by atoms with E-state index in [2.05, 4.69) is 19.2 Å². The van der Waals surface area contributed by atoms with Crippen LogP contribution in [-0.4, -0.2) is 17.5 Å². The van der Waals surface area contributed by atoms with Gasteiger partial charge in [-0.1, -0.05) is 32.0 Å². The number of hydrogen-bond donors (Lipinski definition) is 3. The smallest absolute Gasteiger partial charge is 0.328 e. The Hall–Kier alpha value is 0.460. The summed E-state index contributed by atoms with van der Waals surface area (Å²) < 4.78 is 16.0. The highest BCUT2D eigenvalue weighted by Gasteiger charge is 2.33. The summed E-state index contributed by atoms with van der Waals surface area (Å²) in [4.78, 5) is 9.01. The molecular formula is C8H18NO3PS. The largest absolute Gasteiger partial charge is 0.383 e. The first-order valence-electron chi connectivity index (χ1n) is 4.88. The minimum Gasteiger partial charge on any atom is -0.328 e. The lowest BCUT2D eigenvalue weighted by Crippen LogP contribution is -2.32. The summed E-state index contributed by atoms with van der Waals surface area (Å²) in [7, 11) is 0. The van der Waals surface area contributed by atoms with Gasteiger partial charge in [0.25, 0.3) is 0 Å². The zero-order chi connectivity index (χ0) is 10.8. The maximum atomic E-state index is 11.0. The number of nitrogens with two attached hydrogens (primary N) is 1. The highest BCUT2D eigenvalue weighted by Crippen LogP contribution is 2.50. The van der Waals surface area contributed by atoms with Gasteiger partial charge in [0.15, 0.2) is 0 Å². The van der Waals surface area contributed by atoms with Crippen LogP contribution in [0.15, 0.2) is 0 Å². The number of thiol groups is 1. The number of rotatable bonds is 4. The Morgan fingerprint density at radius 1 is 1.71 bits per heavy atom. The molecule has 3 N–H and O–H groups in total. The molecule has 1 saturated carbocycles. The minimum atomic E-state index is -3.70. The molecule has 0 saturated heterocycles. The molecule has 2 unspecified atom stereocenters. The van der Waals surface area contributed by atoms with Crippen LogP contribution >= 0.6 is 19.0 Å². The minimum absolute atomic E-state index is 0.278. The molecule has 6 heteroatoms. The summed E-state index contributed by atoms with van der Waals surface area (Å²) >= 11 is 3.50. The molecule has 4 atom stereocenters. The second-order valence-corrected chi connectivity index (χ2v) is 6.65. The Bertz CT molecular complexity index is 233. The molecule has 0 radical (unpaired) electrons. The van der Waals surface area contributed by atoms with E-state index in [1.807, 2.05) is 0 Å². The predicted molar refractivity (Wildman–Crippen MR) is 59.2 cm³/mol. The van der Waals surface area contributed by atoms with Crippen molar-refractivity contribution in [1.29, 1.82) is 0 Å². The van der Waals surface area contributed by atoms with Crippen molar-refractivity contribution in [2.45, 2.75) is 32.3 Å². The normalized spacial score (nSPS) is 34.0. The molecule has 0 aromatic heterocycles. The van der Waals surface area contributed by atoms with Gasteiger partial charge in [-0.2, -0.15) is 0 Å². The first-order valence-corrected chi connectivity index (χ1v) is 7.61. The van der Waals surface area contributed by atoms with E-state index in [4.69, 9.17) is 15.2 Å². The summed E-state index contributed by atoms with van der Waals surface area (Å²) in [5, 5.41) is 0. The SMILES string of the molecule is C[C@@H]1CCC[C@H]1C(CN)OP(=O)(O)S. The quantitative estimate of drug-likeness (QED) is 0.516. The lowest BCUT2D eigenvalue weighted by Gasteiger charge is -2.26. The summed E-state index contributed by atoms with van der Waals surface area (Å²) in [5.41, 5.74) is 5.53. The van der Waals surface area contributed by atoms with Crippen LogP contribution < -0.4 is 5.73 Å². The molecule has 0 heterocycles. The molecule has 0 aromatic carbocycles. The predicted octanol–water partition coefficient (Wildman–Crippen LogP) is 1.80. The number of hydrogen-bond acceptors (Lipinski definition) is 3. The van der Waals surface area contributed by atoms with E-state index in [0.29, 0.717) is 11.8 Å². The topological polar surface area (TPSA) is 72.5 Å². The first kappa shape index (κ1) is 12.5. The zero-order valence-corrected chi connectivity index (χ0v) is 10.1. The molecule has 1 aliphatic carbocycles. The van der Waals surface area contributed by atoms with Crippen molar-refractivity contribution < 1.29 is 14.0 Å². The summed E-state index contributed by atoms with van der Waals surface area (Å²) in [6, 6.07) is 0. The zero-order valence-electron chi connectivity index (χ0n) is 8.30. The Kier molecular flexibility index (Phi) is 4.47. The Labute approximate surface area is 89.9 Å². The molecule has 0 aliphatic heterocycles. The lowest BCUT2D eigenvalue weighted by atomic mass is 9.92. The van der Waals surface area contributed by atoms with Crippen LogP contribution in [0.4, 0.5) is 0 Å². The van der Waals surface area contributed by atoms with Gasteiger partial charge in [-0.15, -0.1) is 0 Å². The summed E-state index contributed by atoms with van der Waals surface area (Å²) in [6.45, 7) is -1.30. The van der Waals surface area contributed by atoms with Gasteiger partial charge in [0.2, 0.25) is 0 Å². The van der Waals surface area contributed by atoms with Gasteiger partial charge in [0, 0.05) is 6.54 Å². The second-order valence-electron chi connectivity index (χ2n) is 3.94. The molecule has 0 spiro atoms. The second kappa shape index (κ2) is 4.99. The van der Waals surface area contributed by atoms with Crippen molar-refractivity contribution in [3.05, 3.63) is 0 Å². The van der Waals surface area contributed by atoms with E-state index in [0.717, 1.165) is 19.3 Å². The van der Waals surface area contributed by atoms with Crippen molar-refractivity contribution >= 4 is 19.0 Å². The Balaban J connectivity index is 2.57. The summed E-state index contributed by atoms with van der Waals surface area (Å²) in [5.74, 6) is 0.816. The maximum absolute atomic E-state index is 11.0. The Morgan fingerprint density at radius 3 is 2.71 bits per heavy atom. The maximum Gasteiger partial charge on any atom is 0.383 e. The third kappa shape index (κ3) is 3.55. The molecule has 1 fully saturated rings. The average molecular weight is 239 g/mol. The third-order valence-electron chi connectivity index (χ3n) is 2.91. The average Bonchev–Trinajstić information content (AvgIpc) is 2.45. The van der Waals surface area contributed by atoms with Gasteiger partial charge in [-0.3, -0.25) is 4.52 Å². The molecule has 1 rings (SSSR count). The fourth-order valence-electron chi connectivity index (χ4n) is 2.20. The van der Waals surface area contributed by atoms with E-state index < -0.39 is 6.80 Å². The van der Waals surface area contributed by atoms with Gasteiger partial charge >= 0.3 is 6.80 Å². The molecular weight excluding hydrogens is 221 g/mol.